The minimum absolute atomic E-state index is 0.0392. The number of halogens is 1. The topological polar surface area (TPSA) is 99.5 Å². The Hall–Kier alpha value is -1.66. The molecule has 17 heavy (non-hydrogen) atoms. The predicted octanol–water partition coefficient (Wildman–Crippen LogP) is 0.300. The van der Waals surface area contributed by atoms with Crippen LogP contribution in [0.3, 0.4) is 0 Å². The Balaban J connectivity index is 2.46. The fourth-order valence-corrected chi connectivity index (χ4v) is 1.30. The Morgan fingerprint density at radius 1 is 1.53 bits per heavy atom. The molecule has 0 fully saturated rings. The van der Waals surface area contributed by atoms with Crippen LogP contribution in [-0.4, -0.2) is 39.7 Å². The normalized spacial score (nSPS) is 11.9. The van der Waals surface area contributed by atoms with Crippen molar-refractivity contribution in [2.24, 2.45) is 0 Å². The molecule has 1 heterocycles. The van der Waals surface area contributed by atoms with Gasteiger partial charge in [-0.15, -0.1) is 0 Å². The summed E-state index contributed by atoms with van der Waals surface area (Å²) < 4.78 is 0. The van der Waals surface area contributed by atoms with Crippen molar-refractivity contribution in [1.29, 1.82) is 0 Å². The predicted molar refractivity (Wildman–Crippen MR) is 59.8 cm³/mol. The SMILES string of the molecule is O=C(NCCC(O)C(=O)O)c1cccnc1Cl. The van der Waals surface area contributed by atoms with Crippen LogP contribution in [0.25, 0.3) is 0 Å². The fourth-order valence-electron chi connectivity index (χ4n) is 1.10. The molecular weight excluding hydrogens is 248 g/mol. The van der Waals surface area contributed by atoms with Crippen LogP contribution in [0.1, 0.15) is 16.8 Å². The summed E-state index contributed by atoms with van der Waals surface area (Å²) in [4.78, 5) is 25.6. The van der Waals surface area contributed by atoms with Crippen LogP contribution >= 0.6 is 11.6 Å². The number of aromatic nitrogens is 1. The van der Waals surface area contributed by atoms with E-state index in [1.54, 1.807) is 6.07 Å². The van der Waals surface area contributed by atoms with Crippen molar-refractivity contribution in [2.75, 3.05) is 6.54 Å². The van der Waals surface area contributed by atoms with Gasteiger partial charge in [-0.05, 0) is 12.1 Å². The van der Waals surface area contributed by atoms with Gasteiger partial charge in [-0.1, -0.05) is 11.6 Å². The van der Waals surface area contributed by atoms with E-state index in [4.69, 9.17) is 21.8 Å². The number of carboxylic acids is 1. The summed E-state index contributed by atoms with van der Waals surface area (Å²) in [6.45, 7) is 0.0392. The molecule has 0 bridgehead atoms. The lowest BCUT2D eigenvalue weighted by atomic mass is 10.2. The highest BCUT2D eigenvalue weighted by Gasteiger charge is 2.14. The standard InChI is InChI=1S/C10H11ClN2O4/c11-8-6(2-1-4-12-8)9(15)13-5-3-7(14)10(16)17/h1-2,4,7,14H,3,5H2,(H,13,15)(H,16,17). The van der Waals surface area contributed by atoms with Crippen LogP contribution in [0.15, 0.2) is 18.3 Å². The largest absolute Gasteiger partial charge is 0.479 e. The highest BCUT2D eigenvalue weighted by Crippen LogP contribution is 2.10. The van der Waals surface area contributed by atoms with E-state index in [9.17, 15) is 9.59 Å². The maximum atomic E-state index is 11.6. The molecule has 7 heteroatoms. The summed E-state index contributed by atoms with van der Waals surface area (Å²) in [5.41, 5.74) is 0.207. The van der Waals surface area contributed by atoms with Gasteiger partial charge in [-0.2, -0.15) is 0 Å². The van der Waals surface area contributed by atoms with E-state index in [2.05, 4.69) is 10.3 Å². The second-order valence-electron chi connectivity index (χ2n) is 3.24. The molecule has 0 saturated heterocycles. The Kier molecular flexibility index (Phi) is 4.86. The third-order valence-electron chi connectivity index (χ3n) is 1.99. The number of carboxylic acid groups (broad SMARTS) is 1. The summed E-state index contributed by atoms with van der Waals surface area (Å²) in [5, 5.41) is 19.9. The van der Waals surface area contributed by atoms with Crippen molar-refractivity contribution < 1.29 is 19.8 Å². The highest BCUT2D eigenvalue weighted by atomic mass is 35.5. The number of aliphatic hydroxyl groups excluding tert-OH is 1. The van der Waals surface area contributed by atoms with Crippen molar-refractivity contribution in [3.63, 3.8) is 0 Å². The molecule has 0 aliphatic carbocycles. The van der Waals surface area contributed by atoms with E-state index in [0.29, 0.717) is 0 Å². The number of hydrogen-bond donors (Lipinski definition) is 3. The van der Waals surface area contributed by atoms with Gasteiger partial charge in [0.1, 0.15) is 5.15 Å². The van der Waals surface area contributed by atoms with Crippen LogP contribution in [0.4, 0.5) is 0 Å². The van der Waals surface area contributed by atoms with E-state index in [0.717, 1.165) is 0 Å². The van der Waals surface area contributed by atoms with Gasteiger partial charge in [0.05, 0.1) is 5.56 Å². The second kappa shape index (κ2) is 6.17. The molecule has 1 amide bonds. The number of rotatable bonds is 5. The molecule has 0 spiro atoms. The number of nitrogens with zero attached hydrogens (tertiary/aromatic N) is 1. The molecular formula is C10H11ClN2O4. The van der Waals surface area contributed by atoms with E-state index in [1.807, 2.05) is 0 Å². The number of aliphatic carboxylic acids is 1. The summed E-state index contributed by atoms with van der Waals surface area (Å²) in [7, 11) is 0. The quantitative estimate of drug-likeness (QED) is 0.660. The lowest BCUT2D eigenvalue weighted by molar-refractivity contribution is -0.146. The first-order valence-electron chi connectivity index (χ1n) is 4.82. The van der Waals surface area contributed by atoms with Gasteiger partial charge in [0.2, 0.25) is 0 Å². The zero-order valence-corrected chi connectivity index (χ0v) is 9.52. The summed E-state index contributed by atoms with van der Waals surface area (Å²) in [6, 6.07) is 3.06. The summed E-state index contributed by atoms with van der Waals surface area (Å²) >= 11 is 5.70. The molecule has 0 aliphatic heterocycles. The molecule has 0 aliphatic rings. The molecule has 3 N–H and O–H groups in total. The van der Waals surface area contributed by atoms with E-state index in [1.165, 1.54) is 12.3 Å². The average molecular weight is 259 g/mol. The molecule has 1 aromatic rings. The zero-order valence-electron chi connectivity index (χ0n) is 8.76. The Morgan fingerprint density at radius 2 is 2.24 bits per heavy atom. The highest BCUT2D eigenvalue weighted by molar-refractivity contribution is 6.32. The average Bonchev–Trinajstić information content (AvgIpc) is 2.29. The van der Waals surface area contributed by atoms with Crippen molar-refractivity contribution in [3.05, 3.63) is 29.0 Å². The summed E-state index contributed by atoms with van der Waals surface area (Å²) in [6.07, 6.45) is -0.105. The van der Waals surface area contributed by atoms with E-state index in [-0.39, 0.29) is 23.7 Å². The number of nitrogens with one attached hydrogen (secondary N) is 1. The van der Waals surface area contributed by atoms with Gasteiger partial charge in [0.25, 0.3) is 5.91 Å². The van der Waals surface area contributed by atoms with Crippen molar-refractivity contribution >= 4 is 23.5 Å². The van der Waals surface area contributed by atoms with Gasteiger partial charge in [-0.25, -0.2) is 9.78 Å². The third kappa shape index (κ3) is 4.01. The molecule has 1 atom stereocenters. The van der Waals surface area contributed by atoms with Crippen molar-refractivity contribution in [3.8, 4) is 0 Å². The van der Waals surface area contributed by atoms with E-state index >= 15 is 0 Å². The van der Waals surface area contributed by atoms with Crippen molar-refractivity contribution in [1.82, 2.24) is 10.3 Å². The number of amides is 1. The molecule has 0 saturated carbocycles. The van der Waals surface area contributed by atoms with Gasteiger partial charge in [0, 0.05) is 19.2 Å². The number of hydrogen-bond acceptors (Lipinski definition) is 4. The van der Waals surface area contributed by atoms with Crippen LogP contribution in [0, 0.1) is 0 Å². The Labute approximate surface area is 102 Å². The maximum absolute atomic E-state index is 11.6. The molecule has 0 radical (unpaired) electrons. The van der Waals surface area contributed by atoms with Gasteiger partial charge < -0.3 is 15.5 Å². The van der Waals surface area contributed by atoms with Gasteiger partial charge >= 0.3 is 5.97 Å². The maximum Gasteiger partial charge on any atom is 0.332 e. The number of carbonyl (C=O) groups excluding carboxylic acids is 1. The Bertz CT molecular complexity index is 425. The zero-order chi connectivity index (χ0) is 12.8. The van der Waals surface area contributed by atoms with Gasteiger partial charge in [-0.3, -0.25) is 4.79 Å². The monoisotopic (exact) mass is 258 g/mol. The molecule has 6 nitrogen and oxygen atoms in total. The van der Waals surface area contributed by atoms with Gasteiger partial charge in [0.15, 0.2) is 6.10 Å². The molecule has 1 rings (SSSR count). The lowest BCUT2D eigenvalue weighted by Crippen LogP contribution is -2.30. The smallest absolute Gasteiger partial charge is 0.332 e. The van der Waals surface area contributed by atoms with E-state index < -0.39 is 18.0 Å². The first-order chi connectivity index (χ1) is 8.02. The van der Waals surface area contributed by atoms with Crippen molar-refractivity contribution in [2.45, 2.75) is 12.5 Å². The Morgan fingerprint density at radius 3 is 2.82 bits per heavy atom. The lowest BCUT2D eigenvalue weighted by Gasteiger charge is -2.07. The van der Waals surface area contributed by atoms with Crippen LogP contribution in [0.5, 0.6) is 0 Å². The molecule has 92 valence electrons. The number of carbonyl (C=O) groups is 2. The fraction of sp³-hybridized carbons (Fsp3) is 0.300. The van der Waals surface area contributed by atoms with Crippen LogP contribution in [-0.2, 0) is 4.79 Å². The van der Waals surface area contributed by atoms with Crippen LogP contribution in [0.2, 0.25) is 5.15 Å². The number of aliphatic hydroxyl groups is 1. The molecule has 0 aromatic carbocycles. The number of pyridine rings is 1. The summed E-state index contributed by atoms with van der Waals surface area (Å²) in [5.74, 6) is -1.78. The minimum atomic E-state index is -1.49. The first kappa shape index (κ1) is 13.4. The second-order valence-corrected chi connectivity index (χ2v) is 3.60. The van der Waals surface area contributed by atoms with Crippen LogP contribution < -0.4 is 5.32 Å². The third-order valence-corrected chi connectivity index (χ3v) is 2.29. The molecule has 1 aromatic heterocycles. The molecule has 1 unspecified atom stereocenters. The minimum Gasteiger partial charge on any atom is -0.479 e. The first-order valence-corrected chi connectivity index (χ1v) is 5.19.